The van der Waals surface area contributed by atoms with Crippen molar-refractivity contribution in [2.24, 2.45) is 0 Å². The first-order valence-corrected chi connectivity index (χ1v) is 9.59. The normalized spacial score (nSPS) is 13.2. The molecule has 6 nitrogen and oxygen atoms in total. The van der Waals surface area contributed by atoms with Crippen LogP contribution in [0.4, 0.5) is 0 Å². The standard InChI is InChI=1S/C23H22N4O2/c1-3-29-22(28)23(2,15-17-9-5-4-6-10-17)20-12-14-25-21-18(16-26-27(20)21)19-11-7-8-13-24-19/h4-14,16H,3,15H2,1-2H3. The fraction of sp³-hybridized carbons (Fsp3) is 0.217. The molecule has 0 aliphatic rings. The summed E-state index contributed by atoms with van der Waals surface area (Å²) < 4.78 is 7.19. The number of carbonyl (C=O) groups excluding carboxylic acids is 1. The molecule has 0 fully saturated rings. The summed E-state index contributed by atoms with van der Waals surface area (Å²) in [6.45, 7) is 4.03. The molecule has 0 saturated carbocycles. The molecular weight excluding hydrogens is 364 g/mol. The number of hydrogen-bond acceptors (Lipinski definition) is 5. The number of benzene rings is 1. The molecule has 146 valence electrons. The van der Waals surface area contributed by atoms with Crippen LogP contribution >= 0.6 is 0 Å². The average molecular weight is 386 g/mol. The van der Waals surface area contributed by atoms with Gasteiger partial charge in [0.15, 0.2) is 5.65 Å². The van der Waals surface area contributed by atoms with Gasteiger partial charge < -0.3 is 4.74 Å². The highest BCUT2D eigenvalue weighted by Crippen LogP contribution is 2.32. The molecule has 0 bridgehead atoms. The summed E-state index contributed by atoms with van der Waals surface area (Å²) in [5.74, 6) is -0.286. The molecule has 6 heteroatoms. The van der Waals surface area contributed by atoms with E-state index in [0.717, 1.165) is 22.5 Å². The molecule has 0 aliphatic carbocycles. The number of carbonyl (C=O) groups is 1. The minimum Gasteiger partial charge on any atom is -0.465 e. The maximum absolute atomic E-state index is 13.1. The molecule has 0 spiro atoms. The van der Waals surface area contributed by atoms with E-state index in [2.05, 4.69) is 15.1 Å². The first kappa shape index (κ1) is 18.8. The number of ether oxygens (including phenoxy) is 1. The van der Waals surface area contributed by atoms with Crippen LogP contribution in [0.1, 0.15) is 25.1 Å². The zero-order valence-electron chi connectivity index (χ0n) is 16.4. The fourth-order valence-corrected chi connectivity index (χ4v) is 3.57. The van der Waals surface area contributed by atoms with Gasteiger partial charge >= 0.3 is 5.97 Å². The highest BCUT2D eigenvalue weighted by molar-refractivity contribution is 5.83. The SMILES string of the molecule is CCOC(=O)C(C)(Cc1ccccc1)c1ccnc2c(-c3ccccn3)cnn12. The van der Waals surface area contributed by atoms with Crippen LogP contribution in [-0.2, 0) is 21.4 Å². The van der Waals surface area contributed by atoms with Crippen molar-refractivity contribution in [2.75, 3.05) is 6.61 Å². The van der Waals surface area contributed by atoms with E-state index in [1.807, 2.05) is 68.4 Å². The third-order valence-corrected chi connectivity index (χ3v) is 5.03. The lowest BCUT2D eigenvalue weighted by Gasteiger charge is -2.28. The van der Waals surface area contributed by atoms with Gasteiger partial charge in [0.1, 0.15) is 5.41 Å². The molecule has 0 radical (unpaired) electrons. The average Bonchev–Trinajstić information content (AvgIpc) is 3.19. The molecule has 0 saturated heterocycles. The second-order valence-electron chi connectivity index (χ2n) is 7.05. The number of rotatable bonds is 6. The maximum atomic E-state index is 13.1. The Hall–Kier alpha value is -3.54. The van der Waals surface area contributed by atoms with Gasteiger partial charge in [-0.1, -0.05) is 36.4 Å². The molecule has 3 heterocycles. The highest BCUT2D eigenvalue weighted by Gasteiger charge is 2.39. The van der Waals surface area contributed by atoms with Gasteiger partial charge in [0.05, 0.1) is 29.8 Å². The van der Waals surface area contributed by atoms with Gasteiger partial charge in [-0.15, -0.1) is 0 Å². The van der Waals surface area contributed by atoms with E-state index in [1.165, 1.54) is 0 Å². The molecule has 0 amide bonds. The van der Waals surface area contributed by atoms with Crippen molar-refractivity contribution in [3.63, 3.8) is 0 Å². The van der Waals surface area contributed by atoms with E-state index in [1.54, 1.807) is 23.1 Å². The number of pyridine rings is 1. The minimum absolute atomic E-state index is 0.286. The Labute approximate surface area is 169 Å². The molecule has 29 heavy (non-hydrogen) atoms. The highest BCUT2D eigenvalue weighted by atomic mass is 16.5. The van der Waals surface area contributed by atoms with Gasteiger partial charge in [-0.2, -0.15) is 5.10 Å². The molecule has 0 aliphatic heterocycles. The van der Waals surface area contributed by atoms with E-state index >= 15 is 0 Å². The number of aromatic nitrogens is 4. The van der Waals surface area contributed by atoms with Gasteiger partial charge in [0.2, 0.25) is 0 Å². The van der Waals surface area contributed by atoms with Crippen molar-refractivity contribution in [1.29, 1.82) is 0 Å². The van der Waals surface area contributed by atoms with Crippen molar-refractivity contribution in [3.8, 4) is 11.3 Å². The summed E-state index contributed by atoms with van der Waals surface area (Å²) in [5.41, 5.74) is 3.11. The van der Waals surface area contributed by atoms with Crippen LogP contribution in [-0.4, -0.2) is 32.2 Å². The monoisotopic (exact) mass is 386 g/mol. The Morgan fingerprint density at radius 1 is 1.03 bits per heavy atom. The van der Waals surface area contributed by atoms with Crippen LogP contribution in [0.5, 0.6) is 0 Å². The van der Waals surface area contributed by atoms with Crippen molar-refractivity contribution >= 4 is 11.6 Å². The van der Waals surface area contributed by atoms with Gasteiger partial charge in [-0.25, -0.2) is 9.50 Å². The lowest BCUT2D eigenvalue weighted by molar-refractivity contribution is -0.149. The number of nitrogens with zero attached hydrogens (tertiary/aromatic N) is 4. The summed E-state index contributed by atoms with van der Waals surface area (Å²) in [7, 11) is 0. The van der Waals surface area contributed by atoms with E-state index in [9.17, 15) is 4.79 Å². The Bertz CT molecular complexity index is 1130. The van der Waals surface area contributed by atoms with Crippen molar-refractivity contribution in [2.45, 2.75) is 25.7 Å². The maximum Gasteiger partial charge on any atom is 0.318 e. The predicted molar refractivity (Wildman–Crippen MR) is 110 cm³/mol. The topological polar surface area (TPSA) is 69.4 Å². The number of esters is 1. The Balaban J connectivity index is 1.86. The third-order valence-electron chi connectivity index (χ3n) is 5.03. The van der Waals surface area contributed by atoms with Crippen LogP contribution in [0.3, 0.4) is 0 Å². The summed E-state index contributed by atoms with van der Waals surface area (Å²) in [6.07, 6.45) is 5.68. The zero-order chi connectivity index (χ0) is 20.3. The lowest BCUT2D eigenvalue weighted by atomic mass is 9.80. The zero-order valence-corrected chi connectivity index (χ0v) is 16.4. The van der Waals surface area contributed by atoms with Crippen LogP contribution in [0.15, 0.2) is 73.2 Å². The van der Waals surface area contributed by atoms with Crippen LogP contribution in [0, 0.1) is 0 Å². The van der Waals surface area contributed by atoms with Crippen LogP contribution in [0.2, 0.25) is 0 Å². The molecule has 1 aromatic carbocycles. The molecule has 1 unspecified atom stereocenters. The minimum atomic E-state index is -0.925. The van der Waals surface area contributed by atoms with E-state index in [4.69, 9.17) is 4.74 Å². The van der Waals surface area contributed by atoms with E-state index in [-0.39, 0.29) is 5.97 Å². The molecule has 4 rings (SSSR count). The summed E-state index contributed by atoms with van der Waals surface area (Å²) in [6, 6.07) is 17.5. The van der Waals surface area contributed by atoms with Crippen LogP contribution in [0.25, 0.3) is 16.9 Å². The van der Waals surface area contributed by atoms with Gasteiger partial charge in [-0.05, 0) is 44.0 Å². The van der Waals surface area contributed by atoms with Gasteiger partial charge in [0, 0.05) is 12.4 Å². The fourth-order valence-electron chi connectivity index (χ4n) is 3.57. The van der Waals surface area contributed by atoms with Crippen molar-refractivity contribution < 1.29 is 9.53 Å². The molecule has 4 aromatic rings. The summed E-state index contributed by atoms with van der Waals surface area (Å²) in [4.78, 5) is 22.0. The third kappa shape index (κ3) is 3.49. The first-order valence-electron chi connectivity index (χ1n) is 9.59. The summed E-state index contributed by atoms with van der Waals surface area (Å²) in [5, 5.41) is 4.55. The smallest absolute Gasteiger partial charge is 0.318 e. The number of fused-ring (bicyclic) bond motifs is 1. The van der Waals surface area contributed by atoms with E-state index in [0.29, 0.717) is 18.7 Å². The number of hydrogen-bond donors (Lipinski definition) is 0. The Morgan fingerprint density at radius 2 is 1.83 bits per heavy atom. The first-order chi connectivity index (χ1) is 14.1. The van der Waals surface area contributed by atoms with Crippen molar-refractivity contribution in [1.82, 2.24) is 19.6 Å². The van der Waals surface area contributed by atoms with E-state index < -0.39 is 5.41 Å². The summed E-state index contributed by atoms with van der Waals surface area (Å²) >= 11 is 0. The quantitative estimate of drug-likeness (QED) is 0.471. The molecular formula is C23H22N4O2. The molecule has 3 aromatic heterocycles. The van der Waals surface area contributed by atoms with Crippen molar-refractivity contribution in [3.05, 3.63) is 84.4 Å². The Kier molecular flexibility index (Phi) is 5.08. The second kappa shape index (κ2) is 7.83. The largest absolute Gasteiger partial charge is 0.465 e. The Morgan fingerprint density at radius 3 is 2.55 bits per heavy atom. The van der Waals surface area contributed by atoms with Crippen LogP contribution < -0.4 is 0 Å². The molecule has 1 atom stereocenters. The lowest BCUT2D eigenvalue weighted by Crippen LogP contribution is -2.38. The predicted octanol–water partition coefficient (Wildman–Crippen LogP) is 3.85. The second-order valence-corrected chi connectivity index (χ2v) is 7.05. The van der Waals surface area contributed by atoms with Gasteiger partial charge in [0.25, 0.3) is 0 Å². The molecule has 0 N–H and O–H groups in total. The van der Waals surface area contributed by atoms with Gasteiger partial charge in [-0.3, -0.25) is 9.78 Å².